The molecular weight excluding hydrogens is 320 g/mol. The van der Waals surface area contributed by atoms with Crippen molar-refractivity contribution in [2.45, 2.75) is 12.8 Å². The maximum Gasteiger partial charge on any atom is 0.232 e. The van der Waals surface area contributed by atoms with Crippen LogP contribution in [0.2, 0.25) is 5.02 Å². The molecule has 1 fully saturated rings. The zero-order chi connectivity index (χ0) is 15.9. The fourth-order valence-electron chi connectivity index (χ4n) is 2.46. The minimum atomic E-state index is 0.0244. The number of Topliss-reactive ketones (excluding diaryl/α,β-unsaturated/α-hetero) is 1. The van der Waals surface area contributed by atoms with Gasteiger partial charge < -0.3 is 10.6 Å². The second-order valence-electron chi connectivity index (χ2n) is 5.48. The maximum absolute atomic E-state index is 12.1. The number of rotatable bonds is 6. The number of amides is 1. The van der Waals surface area contributed by atoms with Gasteiger partial charge in [0.1, 0.15) is 0 Å². The summed E-state index contributed by atoms with van der Waals surface area (Å²) in [5.41, 5.74) is 6.28. The quantitative estimate of drug-likeness (QED) is 0.808. The van der Waals surface area contributed by atoms with Crippen LogP contribution in [0.3, 0.4) is 0 Å². The van der Waals surface area contributed by atoms with E-state index >= 15 is 0 Å². The fraction of sp³-hybridized carbons (Fsp3) is 0.500. The molecule has 1 aliphatic heterocycles. The van der Waals surface area contributed by atoms with Gasteiger partial charge in [-0.3, -0.25) is 9.59 Å². The van der Waals surface area contributed by atoms with E-state index in [-0.39, 0.29) is 11.7 Å². The van der Waals surface area contributed by atoms with Gasteiger partial charge in [-0.2, -0.15) is 0 Å². The predicted octanol–water partition coefficient (Wildman–Crippen LogP) is 2.45. The molecular formula is C16H21ClN2O2S. The van der Waals surface area contributed by atoms with Gasteiger partial charge in [0, 0.05) is 23.7 Å². The molecule has 1 saturated heterocycles. The number of carbonyl (C=O) groups excluding carboxylic acids is 2. The normalized spacial score (nSPS) is 15.8. The van der Waals surface area contributed by atoms with Gasteiger partial charge in [0.05, 0.1) is 11.5 Å². The van der Waals surface area contributed by atoms with Crippen molar-refractivity contribution in [1.29, 1.82) is 0 Å². The van der Waals surface area contributed by atoms with E-state index in [4.69, 9.17) is 17.3 Å². The van der Waals surface area contributed by atoms with Crippen molar-refractivity contribution in [3.8, 4) is 0 Å². The molecule has 1 aromatic carbocycles. The predicted molar refractivity (Wildman–Crippen MR) is 91.5 cm³/mol. The van der Waals surface area contributed by atoms with Crippen LogP contribution in [0.1, 0.15) is 23.2 Å². The summed E-state index contributed by atoms with van der Waals surface area (Å²) in [6, 6.07) is 6.83. The van der Waals surface area contributed by atoms with Crippen LogP contribution in [0.4, 0.5) is 0 Å². The lowest BCUT2D eigenvalue weighted by Crippen LogP contribution is -2.41. The number of nitrogens with two attached hydrogens (primary N) is 1. The third-order valence-electron chi connectivity index (χ3n) is 3.93. The third-order valence-corrected chi connectivity index (χ3v) is 5.09. The van der Waals surface area contributed by atoms with Gasteiger partial charge in [-0.15, -0.1) is 11.8 Å². The zero-order valence-electron chi connectivity index (χ0n) is 12.5. The first-order valence-electron chi connectivity index (χ1n) is 7.44. The second kappa shape index (κ2) is 8.56. The van der Waals surface area contributed by atoms with Crippen LogP contribution in [-0.4, -0.2) is 47.7 Å². The van der Waals surface area contributed by atoms with Crippen LogP contribution in [0.15, 0.2) is 24.3 Å². The molecule has 0 spiro atoms. The van der Waals surface area contributed by atoms with Crippen molar-refractivity contribution in [2.75, 3.05) is 31.1 Å². The van der Waals surface area contributed by atoms with E-state index in [0.717, 1.165) is 25.9 Å². The molecule has 1 amide bonds. The molecule has 120 valence electrons. The van der Waals surface area contributed by atoms with Gasteiger partial charge in [0.15, 0.2) is 5.78 Å². The lowest BCUT2D eigenvalue weighted by molar-refractivity contribution is -0.129. The Morgan fingerprint density at radius 1 is 1.18 bits per heavy atom. The Kier molecular flexibility index (Phi) is 6.73. The largest absolute Gasteiger partial charge is 0.342 e. The van der Waals surface area contributed by atoms with Crippen LogP contribution >= 0.6 is 23.4 Å². The van der Waals surface area contributed by atoms with Gasteiger partial charge in [-0.1, -0.05) is 11.6 Å². The van der Waals surface area contributed by atoms with Gasteiger partial charge in [0.2, 0.25) is 5.91 Å². The average molecular weight is 341 g/mol. The smallest absolute Gasteiger partial charge is 0.232 e. The number of halogens is 1. The number of piperidine rings is 1. The van der Waals surface area contributed by atoms with Crippen molar-refractivity contribution in [1.82, 2.24) is 4.90 Å². The maximum atomic E-state index is 12.1. The number of hydrogen-bond donors (Lipinski definition) is 1. The first-order valence-corrected chi connectivity index (χ1v) is 8.97. The van der Waals surface area contributed by atoms with Crippen LogP contribution in [-0.2, 0) is 4.79 Å². The molecule has 2 rings (SSSR count). The highest BCUT2D eigenvalue weighted by Crippen LogP contribution is 2.17. The molecule has 1 aliphatic rings. The summed E-state index contributed by atoms with van der Waals surface area (Å²) < 4.78 is 0. The average Bonchev–Trinajstić information content (AvgIpc) is 2.55. The first-order chi connectivity index (χ1) is 10.6. The molecule has 0 atom stereocenters. The SMILES string of the molecule is NCC1CCN(C(=O)CSCC(=O)c2ccc(Cl)cc2)CC1. The number of ketones is 1. The molecule has 2 N–H and O–H groups in total. The monoisotopic (exact) mass is 340 g/mol. The van der Waals surface area contributed by atoms with E-state index in [1.54, 1.807) is 24.3 Å². The molecule has 0 unspecified atom stereocenters. The third kappa shape index (κ3) is 5.00. The minimum Gasteiger partial charge on any atom is -0.342 e. The van der Waals surface area contributed by atoms with Gasteiger partial charge in [-0.25, -0.2) is 0 Å². The van der Waals surface area contributed by atoms with Crippen molar-refractivity contribution in [3.63, 3.8) is 0 Å². The van der Waals surface area contributed by atoms with Crippen LogP contribution in [0, 0.1) is 5.92 Å². The summed E-state index contributed by atoms with van der Waals surface area (Å²) >= 11 is 7.16. The lowest BCUT2D eigenvalue weighted by Gasteiger charge is -2.31. The van der Waals surface area contributed by atoms with Crippen molar-refractivity contribution in [3.05, 3.63) is 34.9 Å². The summed E-state index contributed by atoms with van der Waals surface area (Å²) in [6.45, 7) is 2.27. The Hall–Kier alpha value is -1.04. The molecule has 0 saturated carbocycles. The lowest BCUT2D eigenvalue weighted by atomic mass is 9.97. The van der Waals surface area contributed by atoms with Crippen molar-refractivity contribution in [2.24, 2.45) is 11.7 Å². The number of hydrogen-bond acceptors (Lipinski definition) is 4. The fourth-order valence-corrected chi connectivity index (χ4v) is 3.40. The number of carbonyl (C=O) groups is 2. The molecule has 0 bridgehead atoms. The molecule has 0 radical (unpaired) electrons. The number of thioether (sulfide) groups is 1. The van der Waals surface area contributed by atoms with E-state index in [1.807, 2.05) is 4.90 Å². The Morgan fingerprint density at radius 3 is 2.41 bits per heavy atom. The van der Waals surface area contributed by atoms with E-state index in [2.05, 4.69) is 0 Å². The van der Waals surface area contributed by atoms with Gasteiger partial charge in [0.25, 0.3) is 0 Å². The highest BCUT2D eigenvalue weighted by molar-refractivity contribution is 8.00. The molecule has 1 heterocycles. The molecule has 1 aromatic rings. The van der Waals surface area contributed by atoms with Gasteiger partial charge >= 0.3 is 0 Å². The standard InChI is InChI=1S/C16H21ClN2O2S/c17-14-3-1-13(2-4-14)15(20)10-22-11-16(21)19-7-5-12(9-18)6-8-19/h1-4,12H,5-11,18H2. The molecule has 6 heteroatoms. The summed E-state index contributed by atoms with van der Waals surface area (Å²) in [6.07, 6.45) is 1.97. The molecule has 0 aromatic heterocycles. The Bertz CT molecular complexity index is 513. The summed E-state index contributed by atoms with van der Waals surface area (Å²) in [7, 11) is 0. The van der Waals surface area contributed by atoms with E-state index in [9.17, 15) is 9.59 Å². The summed E-state index contributed by atoms with van der Waals surface area (Å²) in [5.74, 6) is 1.35. The number of benzene rings is 1. The Labute approximate surface area is 140 Å². The van der Waals surface area contributed by atoms with Gasteiger partial charge in [-0.05, 0) is 49.6 Å². The minimum absolute atomic E-state index is 0.0244. The Morgan fingerprint density at radius 2 is 1.82 bits per heavy atom. The van der Waals surface area contributed by atoms with Crippen LogP contribution in [0.5, 0.6) is 0 Å². The van der Waals surface area contributed by atoms with Crippen molar-refractivity contribution < 1.29 is 9.59 Å². The van der Waals surface area contributed by atoms with E-state index in [1.165, 1.54) is 11.8 Å². The topological polar surface area (TPSA) is 63.4 Å². The van der Waals surface area contributed by atoms with Crippen molar-refractivity contribution >= 4 is 35.1 Å². The number of likely N-dealkylation sites (tertiary alicyclic amines) is 1. The zero-order valence-corrected chi connectivity index (χ0v) is 14.0. The highest BCUT2D eigenvalue weighted by Gasteiger charge is 2.21. The summed E-state index contributed by atoms with van der Waals surface area (Å²) in [4.78, 5) is 26.0. The first kappa shape index (κ1) is 17.3. The molecule has 0 aliphatic carbocycles. The van der Waals surface area contributed by atoms with Crippen LogP contribution in [0.25, 0.3) is 0 Å². The Balaban J connectivity index is 1.71. The number of nitrogens with zero attached hydrogens (tertiary/aromatic N) is 1. The van der Waals surface area contributed by atoms with E-state index in [0.29, 0.717) is 34.6 Å². The molecule has 22 heavy (non-hydrogen) atoms. The molecule has 4 nitrogen and oxygen atoms in total. The summed E-state index contributed by atoms with van der Waals surface area (Å²) in [5, 5.41) is 0.611. The second-order valence-corrected chi connectivity index (χ2v) is 6.90. The van der Waals surface area contributed by atoms with E-state index < -0.39 is 0 Å². The van der Waals surface area contributed by atoms with Crippen LogP contribution < -0.4 is 5.73 Å². The highest BCUT2D eigenvalue weighted by atomic mass is 35.5.